The smallest absolute Gasteiger partial charge is 0.139 e. The Hall–Kier alpha value is -3.08. The van der Waals surface area contributed by atoms with E-state index in [1.807, 2.05) is 54.6 Å². The predicted octanol–water partition coefficient (Wildman–Crippen LogP) is 5.94. The summed E-state index contributed by atoms with van der Waals surface area (Å²) in [6.07, 6.45) is 0. The van der Waals surface area contributed by atoms with Crippen LogP contribution in [0.5, 0.6) is 0 Å². The van der Waals surface area contributed by atoms with Gasteiger partial charge in [-0.25, -0.2) is 8.78 Å². The van der Waals surface area contributed by atoms with Crippen LogP contribution in [0.1, 0.15) is 16.7 Å². The summed E-state index contributed by atoms with van der Waals surface area (Å²) < 4.78 is 27.1. The molecule has 0 spiro atoms. The molecule has 4 heteroatoms. The zero-order chi connectivity index (χ0) is 18.4. The summed E-state index contributed by atoms with van der Waals surface area (Å²) in [7, 11) is 0. The molecule has 0 saturated carbocycles. The molecule has 3 aromatic rings. The maximum atomic E-state index is 14.0. The van der Waals surface area contributed by atoms with Crippen molar-refractivity contribution < 1.29 is 8.78 Å². The molecule has 1 nitrogen and oxygen atoms in total. The Morgan fingerprint density at radius 2 is 1.50 bits per heavy atom. The zero-order valence-electron chi connectivity index (χ0n) is 13.7. The highest BCUT2D eigenvalue weighted by molar-refractivity contribution is 8.03. The van der Waals surface area contributed by atoms with Gasteiger partial charge in [0, 0.05) is 16.7 Å². The topological polar surface area (TPSA) is 23.8 Å². The van der Waals surface area contributed by atoms with Gasteiger partial charge in [-0.2, -0.15) is 5.26 Å². The maximum absolute atomic E-state index is 14.0. The van der Waals surface area contributed by atoms with Crippen molar-refractivity contribution in [3.8, 4) is 28.4 Å². The fourth-order valence-electron chi connectivity index (χ4n) is 2.50. The summed E-state index contributed by atoms with van der Waals surface area (Å²) in [4.78, 5) is 0.0211. The number of thioether (sulfide) groups is 1. The molecule has 0 radical (unpaired) electrons. The highest BCUT2D eigenvalue weighted by atomic mass is 32.2. The Balaban J connectivity index is 1.86. The van der Waals surface area contributed by atoms with Crippen LogP contribution in [0.15, 0.2) is 71.6 Å². The molecule has 26 heavy (non-hydrogen) atoms. The van der Waals surface area contributed by atoms with Crippen molar-refractivity contribution >= 4 is 11.8 Å². The van der Waals surface area contributed by atoms with Crippen molar-refractivity contribution in [2.75, 3.05) is 0 Å². The second-order valence-corrected chi connectivity index (χ2v) is 6.26. The lowest BCUT2D eigenvalue weighted by Crippen LogP contribution is -1.91. The molecule has 0 unspecified atom stereocenters. The molecule has 0 aromatic heterocycles. The van der Waals surface area contributed by atoms with Crippen molar-refractivity contribution in [2.24, 2.45) is 0 Å². The van der Waals surface area contributed by atoms with Crippen molar-refractivity contribution in [3.05, 3.63) is 89.2 Å². The number of hydrogen-bond donors (Lipinski definition) is 0. The van der Waals surface area contributed by atoms with Gasteiger partial charge in [0.15, 0.2) is 0 Å². The van der Waals surface area contributed by atoms with Crippen LogP contribution < -0.4 is 0 Å². The van der Waals surface area contributed by atoms with Crippen LogP contribution in [0.3, 0.4) is 0 Å². The predicted molar refractivity (Wildman–Crippen MR) is 101 cm³/mol. The van der Waals surface area contributed by atoms with Gasteiger partial charge >= 0.3 is 0 Å². The van der Waals surface area contributed by atoms with Crippen LogP contribution in [-0.2, 0) is 6.67 Å². The van der Waals surface area contributed by atoms with Crippen molar-refractivity contribution in [1.29, 1.82) is 5.26 Å². The second kappa shape index (κ2) is 8.34. The van der Waals surface area contributed by atoms with Gasteiger partial charge < -0.3 is 0 Å². The molecular formula is C22H13F2NS. The minimum absolute atomic E-state index is 0.0211. The fourth-order valence-corrected chi connectivity index (χ4v) is 2.99. The lowest BCUT2D eigenvalue weighted by Gasteiger charge is -2.04. The van der Waals surface area contributed by atoms with Gasteiger partial charge in [-0.15, -0.1) is 0 Å². The zero-order valence-corrected chi connectivity index (χ0v) is 14.5. The summed E-state index contributed by atoms with van der Waals surface area (Å²) in [6.45, 7) is -0.845. The third-order valence-corrected chi connectivity index (χ3v) is 4.51. The van der Waals surface area contributed by atoms with Crippen LogP contribution in [0, 0.1) is 28.3 Å². The second-order valence-electron chi connectivity index (χ2n) is 5.47. The van der Waals surface area contributed by atoms with Gasteiger partial charge in [-0.05, 0) is 47.2 Å². The first-order valence-corrected chi connectivity index (χ1v) is 8.64. The van der Waals surface area contributed by atoms with E-state index in [0.717, 1.165) is 16.7 Å². The van der Waals surface area contributed by atoms with Crippen LogP contribution in [0.2, 0.25) is 0 Å². The molecule has 0 amide bonds. The van der Waals surface area contributed by atoms with Crippen molar-refractivity contribution in [2.45, 2.75) is 11.6 Å². The minimum Gasteiger partial charge on any atom is -0.246 e. The molecule has 0 fully saturated rings. The van der Waals surface area contributed by atoms with Gasteiger partial charge in [0.2, 0.25) is 0 Å². The Bertz CT molecular complexity index is 1010. The van der Waals surface area contributed by atoms with E-state index < -0.39 is 12.5 Å². The highest BCUT2D eigenvalue weighted by Crippen LogP contribution is 2.27. The molecule has 0 aliphatic carbocycles. The molecule has 0 bridgehead atoms. The lowest BCUT2D eigenvalue weighted by atomic mass is 10.0. The van der Waals surface area contributed by atoms with Gasteiger partial charge in [0.05, 0.1) is 4.90 Å². The van der Waals surface area contributed by atoms with Crippen LogP contribution in [0.4, 0.5) is 8.78 Å². The van der Waals surface area contributed by atoms with Crippen LogP contribution >= 0.6 is 11.8 Å². The first-order chi connectivity index (χ1) is 12.7. The van der Waals surface area contributed by atoms with Crippen LogP contribution in [-0.4, -0.2) is 0 Å². The number of halogens is 2. The van der Waals surface area contributed by atoms with E-state index in [-0.39, 0.29) is 10.5 Å². The monoisotopic (exact) mass is 361 g/mol. The Morgan fingerprint density at radius 1 is 0.846 bits per heavy atom. The Labute approximate surface area is 155 Å². The molecule has 0 heterocycles. The Kier molecular flexibility index (Phi) is 5.69. The van der Waals surface area contributed by atoms with Gasteiger partial charge in [-0.3, -0.25) is 0 Å². The molecule has 0 N–H and O–H groups in total. The fraction of sp³-hybridized carbons (Fsp3) is 0.0455. The number of nitrogens with zero attached hydrogens (tertiary/aromatic N) is 1. The number of alkyl halides is 1. The third kappa shape index (κ3) is 4.11. The Morgan fingerprint density at radius 3 is 2.15 bits per heavy atom. The van der Waals surface area contributed by atoms with E-state index in [0.29, 0.717) is 17.3 Å². The van der Waals surface area contributed by atoms with E-state index >= 15 is 0 Å². The highest BCUT2D eigenvalue weighted by Gasteiger charge is 2.11. The quantitative estimate of drug-likeness (QED) is 0.328. The first kappa shape index (κ1) is 17.7. The molecule has 0 saturated heterocycles. The summed E-state index contributed by atoms with van der Waals surface area (Å²) in [5.74, 6) is 5.19. The number of benzene rings is 3. The van der Waals surface area contributed by atoms with E-state index in [2.05, 4.69) is 11.8 Å². The molecule has 3 rings (SSSR count). The van der Waals surface area contributed by atoms with Gasteiger partial charge in [-0.1, -0.05) is 54.3 Å². The average molecular weight is 361 g/mol. The molecule has 3 aromatic carbocycles. The van der Waals surface area contributed by atoms with Crippen molar-refractivity contribution in [1.82, 2.24) is 0 Å². The molecule has 126 valence electrons. The minimum atomic E-state index is -0.845. The van der Waals surface area contributed by atoms with Crippen molar-refractivity contribution in [3.63, 3.8) is 0 Å². The standard InChI is InChI=1S/C22H13F2NS/c23-14-20-12-17(13-21(24)22(20)26-15-25)7-6-16-8-10-19(11-9-16)18-4-2-1-3-5-18/h1-5,8-13H,14H2. The molecular weight excluding hydrogens is 348 g/mol. The average Bonchev–Trinajstić information content (AvgIpc) is 2.69. The summed E-state index contributed by atoms with van der Waals surface area (Å²) in [6, 6.07) is 20.4. The van der Waals surface area contributed by atoms with E-state index in [4.69, 9.17) is 5.26 Å². The summed E-state index contributed by atoms with van der Waals surface area (Å²) in [5, 5.41) is 10.5. The number of rotatable bonds is 3. The van der Waals surface area contributed by atoms with Gasteiger partial charge in [0.1, 0.15) is 17.9 Å². The number of thiocyanates is 1. The normalized spacial score (nSPS) is 9.88. The number of hydrogen-bond acceptors (Lipinski definition) is 2. The molecule has 0 aliphatic heterocycles. The maximum Gasteiger partial charge on any atom is 0.139 e. The third-order valence-electron chi connectivity index (χ3n) is 3.76. The van der Waals surface area contributed by atoms with E-state index in [9.17, 15) is 8.78 Å². The SMILES string of the molecule is N#CSc1c(F)cc(C#Cc2ccc(-c3ccccc3)cc2)cc1CF. The van der Waals surface area contributed by atoms with Gasteiger partial charge in [0.25, 0.3) is 0 Å². The molecule has 0 aliphatic rings. The first-order valence-electron chi connectivity index (χ1n) is 7.83. The molecule has 0 atom stereocenters. The van der Waals surface area contributed by atoms with E-state index in [1.165, 1.54) is 12.1 Å². The lowest BCUT2D eigenvalue weighted by molar-refractivity contribution is 0.473. The largest absolute Gasteiger partial charge is 0.246 e. The summed E-state index contributed by atoms with van der Waals surface area (Å²) >= 11 is 0.618. The van der Waals surface area contributed by atoms with Crippen LogP contribution in [0.25, 0.3) is 11.1 Å². The number of nitriles is 1. The van der Waals surface area contributed by atoms with E-state index in [1.54, 1.807) is 5.40 Å². The summed E-state index contributed by atoms with van der Waals surface area (Å²) in [5.41, 5.74) is 3.50.